The number of para-hydroxylation sites is 1. The second-order valence-electron chi connectivity index (χ2n) is 6.38. The monoisotopic (exact) mass is 394 g/mol. The molecule has 3 aromatic rings. The maximum Gasteiger partial charge on any atom is 0.261 e. The van der Waals surface area contributed by atoms with Crippen LogP contribution >= 0.6 is 0 Å². The van der Waals surface area contributed by atoms with Crippen LogP contribution in [0.15, 0.2) is 83.8 Å². The molecular weight excluding hydrogens is 372 g/mol. The first-order valence-electron chi connectivity index (χ1n) is 8.95. The van der Waals surface area contributed by atoms with E-state index in [2.05, 4.69) is 4.72 Å². The van der Waals surface area contributed by atoms with Gasteiger partial charge in [-0.25, -0.2) is 8.42 Å². The number of aryl methyl sites for hydroxylation is 1. The molecule has 3 rings (SSSR count). The molecule has 0 bridgehead atoms. The quantitative estimate of drug-likeness (QED) is 0.677. The van der Waals surface area contributed by atoms with Crippen LogP contribution in [-0.4, -0.2) is 21.4 Å². The van der Waals surface area contributed by atoms with Gasteiger partial charge in [-0.15, -0.1) is 0 Å². The molecule has 6 heteroatoms. The molecule has 28 heavy (non-hydrogen) atoms. The second kappa shape index (κ2) is 8.27. The molecule has 1 N–H and O–H groups in total. The highest BCUT2D eigenvalue weighted by molar-refractivity contribution is 7.92. The largest absolute Gasteiger partial charge is 0.311 e. The third kappa shape index (κ3) is 4.40. The smallest absolute Gasteiger partial charge is 0.261 e. The van der Waals surface area contributed by atoms with E-state index in [0.29, 0.717) is 11.3 Å². The van der Waals surface area contributed by atoms with E-state index in [-0.39, 0.29) is 10.8 Å². The molecular formula is C22H22N2O3S. The lowest BCUT2D eigenvalue weighted by Crippen LogP contribution is -2.26. The number of carbonyl (C=O) groups is 1. The molecule has 0 radical (unpaired) electrons. The Labute approximate surface area is 165 Å². The van der Waals surface area contributed by atoms with E-state index in [0.717, 1.165) is 17.7 Å². The van der Waals surface area contributed by atoms with Crippen LogP contribution < -0.4 is 9.62 Å². The Bertz CT molecular complexity index is 1060. The standard InChI is InChI=1S/C22H22N2O3S/c1-3-17-12-14-19(15-13-17)23-28(26,27)21-11-7-8-18(16-21)22(25)24(2)20-9-5-4-6-10-20/h4-16,23H,3H2,1-2H3. The molecule has 0 aromatic heterocycles. The molecule has 144 valence electrons. The molecule has 0 saturated carbocycles. The van der Waals surface area contributed by atoms with Crippen molar-refractivity contribution in [3.8, 4) is 0 Å². The SMILES string of the molecule is CCc1ccc(NS(=O)(=O)c2cccc(C(=O)N(C)c3ccccc3)c2)cc1. The average molecular weight is 394 g/mol. The Morgan fingerprint density at radius 3 is 2.25 bits per heavy atom. The Morgan fingerprint density at radius 1 is 0.929 bits per heavy atom. The number of nitrogens with zero attached hydrogens (tertiary/aromatic N) is 1. The molecule has 0 aliphatic heterocycles. The third-order valence-corrected chi connectivity index (χ3v) is 5.83. The lowest BCUT2D eigenvalue weighted by Gasteiger charge is -2.18. The zero-order valence-corrected chi connectivity index (χ0v) is 16.6. The van der Waals surface area contributed by atoms with E-state index in [1.165, 1.54) is 17.0 Å². The van der Waals surface area contributed by atoms with E-state index in [4.69, 9.17) is 0 Å². The predicted octanol–water partition coefficient (Wildman–Crippen LogP) is 4.33. The molecule has 1 amide bonds. The van der Waals surface area contributed by atoms with Gasteiger partial charge in [0.15, 0.2) is 0 Å². The van der Waals surface area contributed by atoms with Crippen LogP contribution in [0.5, 0.6) is 0 Å². The Balaban J connectivity index is 1.84. The number of hydrogen-bond acceptors (Lipinski definition) is 3. The van der Waals surface area contributed by atoms with Gasteiger partial charge in [0, 0.05) is 24.0 Å². The summed E-state index contributed by atoms with van der Waals surface area (Å²) in [6.45, 7) is 2.04. The van der Waals surface area contributed by atoms with Gasteiger partial charge in [-0.2, -0.15) is 0 Å². The summed E-state index contributed by atoms with van der Waals surface area (Å²) in [6, 6.07) is 22.5. The number of nitrogens with one attached hydrogen (secondary N) is 1. The van der Waals surface area contributed by atoms with Crippen LogP contribution in [0.25, 0.3) is 0 Å². The van der Waals surface area contributed by atoms with Gasteiger partial charge >= 0.3 is 0 Å². The molecule has 0 heterocycles. The van der Waals surface area contributed by atoms with E-state index in [1.54, 1.807) is 31.3 Å². The fourth-order valence-electron chi connectivity index (χ4n) is 2.78. The fraction of sp³-hybridized carbons (Fsp3) is 0.136. The van der Waals surface area contributed by atoms with Gasteiger partial charge < -0.3 is 4.90 Å². The summed E-state index contributed by atoms with van der Waals surface area (Å²) >= 11 is 0. The summed E-state index contributed by atoms with van der Waals surface area (Å²) in [4.78, 5) is 14.3. The summed E-state index contributed by atoms with van der Waals surface area (Å²) in [5.41, 5.74) is 2.64. The van der Waals surface area contributed by atoms with Crippen molar-refractivity contribution in [3.63, 3.8) is 0 Å². The van der Waals surface area contributed by atoms with Crippen LogP contribution in [0.3, 0.4) is 0 Å². The normalized spacial score (nSPS) is 11.1. The highest BCUT2D eigenvalue weighted by Gasteiger charge is 2.19. The van der Waals surface area contributed by atoms with Crippen LogP contribution in [0.4, 0.5) is 11.4 Å². The maximum atomic E-state index is 12.8. The van der Waals surface area contributed by atoms with Crippen molar-refractivity contribution in [2.24, 2.45) is 0 Å². The third-order valence-electron chi connectivity index (χ3n) is 4.45. The average Bonchev–Trinajstić information content (AvgIpc) is 2.73. The number of carbonyl (C=O) groups excluding carboxylic acids is 1. The van der Waals surface area contributed by atoms with Gasteiger partial charge in [-0.05, 0) is 54.4 Å². The highest BCUT2D eigenvalue weighted by atomic mass is 32.2. The van der Waals surface area contributed by atoms with Crippen molar-refractivity contribution in [1.82, 2.24) is 0 Å². The number of hydrogen-bond donors (Lipinski definition) is 1. The summed E-state index contributed by atoms with van der Waals surface area (Å²) in [6.07, 6.45) is 0.881. The van der Waals surface area contributed by atoms with E-state index in [9.17, 15) is 13.2 Å². The minimum atomic E-state index is -3.80. The summed E-state index contributed by atoms with van der Waals surface area (Å²) in [7, 11) is -2.14. The predicted molar refractivity (Wildman–Crippen MR) is 112 cm³/mol. The van der Waals surface area contributed by atoms with Gasteiger partial charge in [-0.1, -0.05) is 43.3 Å². The van der Waals surface area contributed by atoms with Crippen molar-refractivity contribution < 1.29 is 13.2 Å². The molecule has 3 aromatic carbocycles. The topological polar surface area (TPSA) is 66.5 Å². The summed E-state index contributed by atoms with van der Waals surface area (Å²) in [5.74, 6) is -0.282. The first kappa shape index (κ1) is 19.6. The molecule has 0 saturated heterocycles. The van der Waals surface area contributed by atoms with Crippen LogP contribution in [-0.2, 0) is 16.4 Å². The minimum absolute atomic E-state index is 0.0411. The number of rotatable bonds is 6. The number of amides is 1. The van der Waals surface area contributed by atoms with Crippen LogP contribution in [0.1, 0.15) is 22.8 Å². The van der Waals surface area contributed by atoms with Crippen molar-refractivity contribution in [1.29, 1.82) is 0 Å². The van der Waals surface area contributed by atoms with Crippen LogP contribution in [0, 0.1) is 0 Å². The van der Waals surface area contributed by atoms with Gasteiger partial charge in [0.1, 0.15) is 0 Å². The molecule has 0 atom stereocenters. The number of benzene rings is 3. The van der Waals surface area contributed by atoms with E-state index in [1.807, 2.05) is 49.4 Å². The molecule has 0 unspecified atom stereocenters. The Kier molecular flexibility index (Phi) is 5.80. The van der Waals surface area contributed by atoms with Gasteiger partial charge in [0.05, 0.1) is 4.90 Å². The van der Waals surface area contributed by atoms with Crippen molar-refractivity contribution >= 4 is 27.3 Å². The number of sulfonamides is 1. The van der Waals surface area contributed by atoms with Gasteiger partial charge in [0.25, 0.3) is 15.9 Å². The Hall–Kier alpha value is -3.12. The second-order valence-corrected chi connectivity index (χ2v) is 8.07. The molecule has 5 nitrogen and oxygen atoms in total. The summed E-state index contributed by atoms with van der Waals surface area (Å²) in [5, 5.41) is 0. The molecule has 0 aliphatic carbocycles. The molecule has 0 spiro atoms. The lowest BCUT2D eigenvalue weighted by molar-refractivity contribution is 0.0993. The zero-order chi connectivity index (χ0) is 20.1. The summed E-state index contributed by atoms with van der Waals surface area (Å²) < 4.78 is 28.0. The van der Waals surface area contributed by atoms with Gasteiger partial charge in [0.2, 0.25) is 0 Å². The van der Waals surface area contributed by atoms with E-state index >= 15 is 0 Å². The Morgan fingerprint density at radius 2 is 1.61 bits per heavy atom. The number of anilines is 2. The van der Waals surface area contributed by atoms with Crippen LogP contribution in [0.2, 0.25) is 0 Å². The fourth-order valence-corrected chi connectivity index (χ4v) is 3.89. The highest BCUT2D eigenvalue weighted by Crippen LogP contribution is 2.20. The zero-order valence-electron chi connectivity index (χ0n) is 15.8. The van der Waals surface area contributed by atoms with Gasteiger partial charge in [-0.3, -0.25) is 9.52 Å². The van der Waals surface area contributed by atoms with Crippen molar-refractivity contribution in [2.45, 2.75) is 18.2 Å². The lowest BCUT2D eigenvalue weighted by atomic mass is 10.2. The first-order chi connectivity index (χ1) is 13.4. The van der Waals surface area contributed by atoms with Crippen molar-refractivity contribution in [2.75, 3.05) is 16.7 Å². The van der Waals surface area contributed by atoms with Crippen molar-refractivity contribution in [3.05, 3.63) is 90.0 Å². The molecule has 0 aliphatic rings. The maximum absolute atomic E-state index is 12.8. The first-order valence-corrected chi connectivity index (χ1v) is 10.4. The molecule has 0 fully saturated rings. The van der Waals surface area contributed by atoms with E-state index < -0.39 is 10.0 Å². The minimum Gasteiger partial charge on any atom is -0.311 e.